The molecule has 1 rings (SSSR count). The van der Waals surface area contributed by atoms with Crippen molar-refractivity contribution < 1.29 is 4.39 Å². The van der Waals surface area contributed by atoms with Gasteiger partial charge in [0.2, 0.25) is 0 Å². The fourth-order valence-electron chi connectivity index (χ4n) is 1.80. The van der Waals surface area contributed by atoms with E-state index in [1.807, 2.05) is 6.07 Å². The van der Waals surface area contributed by atoms with Crippen molar-refractivity contribution in [2.45, 2.75) is 39.2 Å². The molecule has 1 aromatic carbocycles. The minimum absolute atomic E-state index is 0.114. The van der Waals surface area contributed by atoms with Crippen molar-refractivity contribution in [2.75, 3.05) is 0 Å². The Labute approximate surface area is 105 Å². The highest BCUT2D eigenvalue weighted by Gasteiger charge is 2.09. The van der Waals surface area contributed by atoms with Gasteiger partial charge in [0, 0.05) is 10.5 Å². The zero-order valence-electron chi connectivity index (χ0n) is 9.84. The molecule has 0 radical (unpaired) electrons. The summed E-state index contributed by atoms with van der Waals surface area (Å²) < 4.78 is 13.9. The van der Waals surface area contributed by atoms with Crippen LogP contribution >= 0.6 is 15.9 Å². The van der Waals surface area contributed by atoms with Crippen LogP contribution in [-0.4, -0.2) is 6.04 Å². The van der Waals surface area contributed by atoms with Gasteiger partial charge in [0.25, 0.3) is 0 Å². The highest BCUT2D eigenvalue weighted by atomic mass is 79.9. The average Bonchev–Trinajstić information content (AvgIpc) is 2.15. The summed E-state index contributed by atoms with van der Waals surface area (Å²) in [5, 5.41) is 0. The van der Waals surface area contributed by atoms with Crippen molar-refractivity contribution in [3.8, 4) is 0 Å². The molecule has 0 aromatic heterocycles. The maximum Gasteiger partial charge on any atom is 0.124 e. The molecule has 0 aliphatic rings. The van der Waals surface area contributed by atoms with Gasteiger partial charge in [-0.2, -0.15) is 0 Å². The molecule has 0 heterocycles. The van der Waals surface area contributed by atoms with E-state index >= 15 is 0 Å². The van der Waals surface area contributed by atoms with Gasteiger partial charge in [0.15, 0.2) is 0 Å². The molecular formula is C13H19BrFN. The standard InChI is InChI=1S/C13H19BrFN/c1-3-9(2)4-13(16)7-10-5-11(14)8-12(15)6-10/h5-6,8-9,13H,3-4,7,16H2,1-2H3. The van der Waals surface area contributed by atoms with Crippen molar-refractivity contribution in [2.24, 2.45) is 11.7 Å². The molecule has 0 spiro atoms. The topological polar surface area (TPSA) is 26.0 Å². The number of nitrogens with two attached hydrogens (primary N) is 1. The van der Waals surface area contributed by atoms with Gasteiger partial charge in [-0.25, -0.2) is 4.39 Å². The van der Waals surface area contributed by atoms with Crippen LogP contribution in [0.15, 0.2) is 22.7 Å². The fourth-order valence-corrected chi connectivity index (χ4v) is 2.31. The van der Waals surface area contributed by atoms with Gasteiger partial charge in [-0.1, -0.05) is 36.2 Å². The first-order valence-corrected chi connectivity index (χ1v) is 6.51. The molecule has 1 nitrogen and oxygen atoms in total. The minimum atomic E-state index is -0.208. The van der Waals surface area contributed by atoms with E-state index in [0.717, 1.165) is 29.3 Å². The zero-order valence-corrected chi connectivity index (χ0v) is 11.4. The third-order valence-electron chi connectivity index (χ3n) is 2.82. The lowest BCUT2D eigenvalue weighted by Crippen LogP contribution is -2.25. The molecule has 3 heteroatoms. The second kappa shape index (κ2) is 6.36. The normalized spacial score (nSPS) is 14.8. The molecule has 16 heavy (non-hydrogen) atoms. The first kappa shape index (κ1) is 13.7. The molecule has 0 bridgehead atoms. The Morgan fingerprint density at radius 3 is 2.62 bits per heavy atom. The summed E-state index contributed by atoms with van der Waals surface area (Å²) in [4.78, 5) is 0. The Morgan fingerprint density at radius 2 is 2.06 bits per heavy atom. The molecule has 90 valence electrons. The first-order chi connectivity index (χ1) is 7.51. The van der Waals surface area contributed by atoms with E-state index in [1.165, 1.54) is 6.07 Å². The largest absolute Gasteiger partial charge is 0.327 e. The molecule has 2 N–H and O–H groups in total. The van der Waals surface area contributed by atoms with Crippen LogP contribution in [0.3, 0.4) is 0 Å². The van der Waals surface area contributed by atoms with Gasteiger partial charge in [-0.05, 0) is 42.5 Å². The van der Waals surface area contributed by atoms with E-state index in [0.29, 0.717) is 5.92 Å². The van der Waals surface area contributed by atoms with Crippen LogP contribution in [0.25, 0.3) is 0 Å². The number of rotatable bonds is 5. The van der Waals surface area contributed by atoms with Crippen molar-refractivity contribution >= 4 is 15.9 Å². The van der Waals surface area contributed by atoms with E-state index < -0.39 is 0 Å². The van der Waals surface area contributed by atoms with E-state index in [2.05, 4.69) is 29.8 Å². The molecular weight excluding hydrogens is 269 g/mol. The van der Waals surface area contributed by atoms with Crippen LogP contribution in [0.4, 0.5) is 4.39 Å². The Kier molecular flexibility index (Phi) is 5.42. The molecule has 2 unspecified atom stereocenters. The molecule has 2 atom stereocenters. The van der Waals surface area contributed by atoms with Gasteiger partial charge >= 0.3 is 0 Å². The van der Waals surface area contributed by atoms with Gasteiger partial charge in [-0.3, -0.25) is 0 Å². The Balaban J connectivity index is 2.58. The summed E-state index contributed by atoms with van der Waals surface area (Å²) in [5.74, 6) is 0.423. The molecule has 0 amide bonds. The van der Waals surface area contributed by atoms with E-state index in [1.54, 1.807) is 6.07 Å². The fraction of sp³-hybridized carbons (Fsp3) is 0.538. The van der Waals surface area contributed by atoms with Crippen molar-refractivity contribution in [3.63, 3.8) is 0 Å². The smallest absolute Gasteiger partial charge is 0.124 e. The highest BCUT2D eigenvalue weighted by molar-refractivity contribution is 9.10. The third-order valence-corrected chi connectivity index (χ3v) is 3.28. The lowest BCUT2D eigenvalue weighted by atomic mass is 9.95. The minimum Gasteiger partial charge on any atom is -0.327 e. The zero-order chi connectivity index (χ0) is 12.1. The molecule has 0 fully saturated rings. The molecule has 0 saturated carbocycles. The van der Waals surface area contributed by atoms with Crippen LogP contribution in [-0.2, 0) is 6.42 Å². The van der Waals surface area contributed by atoms with Crippen LogP contribution in [0, 0.1) is 11.7 Å². The molecule has 1 aromatic rings. The Hall–Kier alpha value is -0.410. The van der Waals surface area contributed by atoms with Crippen LogP contribution in [0.5, 0.6) is 0 Å². The lowest BCUT2D eigenvalue weighted by Gasteiger charge is -2.16. The van der Waals surface area contributed by atoms with E-state index in [-0.39, 0.29) is 11.9 Å². The number of halogens is 2. The predicted molar refractivity (Wildman–Crippen MR) is 69.9 cm³/mol. The van der Waals surface area contributed by atoms with Crippen molar-refractivity contribution in [1.29, 1.82) is 0 Å². The maximum absolute atomic E-state index is 13.1. The first-order valence-electron chi connectivity index (χ1n) is 5.71. The summed E-state index contributed by atoms with van der Waals surface area (Å²) in [6, 6.07) is 5.06. The number of hydrogen-bond acceptors (Lipinski definition) is 1. The van der Waals surface area contributed by atoms with Gasteiger partial charge in [0.1, 0.15) is 5.82 Å². The van der Waals surface area contributed by atoms with E-state index in [9.17, 15) is 4.39 Å². The number of hydrogen-bond donors (Lipinski definition) is 1. The van der Waals surface area contributed by atoms with Crippen LogP contribution in [0.2, 0.25) is 0 Å². The van der Waals surface area contributed by atoms with Gasteiger partial charge < -0.3 is 5.73 Å². The highest BCUT2D eigenvalue weighted by Crippen LogP contribution is 2.18. The molecule has 0 saturated heterocycles. The third kappa shape index (κ3) is 4.62. The van der Waals surface area contributed by atoms with Gasteiger partial charge in [-0.15, -0.1) is 0 Å². The van der Waals surface area contributed by atoms with Gasteiger partial charge in [0.05, 0.1) is 0 Å². The SMILES string of the molecule is CCC(C)CC(N)Cc1cc(F)cc(Br)c1. The van der Waals surface area contributed by atoms with Crippen molar-refractivity contribution in [1.82, 2.24) is 0 Å². The van der Waals surface area contributed by atoms with Crippen molar-refractivity contribution in [3.05, 3.63) is 34.1 Å². The Morgan fingerprint density at radius 1 is 1.38 bits per heavy atom. The summed E-state index contributed by atoms with van der Waals surface area (Å²) in [6.07, 6.45) is 2.87. The second-order valence-corrected chi connectivity index (χ2v) is 5.41. The van der Waals surface area contributed by atoms with Crippen LogP contribution in [0.1, 0.15) is 32.3 Å². The summed E-state index contributed by atoms with van der Waals surface area (Å²) >= 11 is 3.29. The summed E-state index contributed by atoms with van der Waals surface area (Å²) in [5.41, 5.74) is 7.01. The molecule has 0 aliphatic heterocycles. The average molecular weight is 288 g/mol. The Bertz CT molecular complexity index is 320. The summed E-state index contributed by atoms with van der Waals surface area (Å²) in [6.45, 7) is 4.36. The second-order valence-electron chi connectivity index (χ2n) is 4.49. The maximum atomic E-state index is 13.1. The quantitative estimate of drug-likeness (QED) is 0.874. The van der Waals surface area contributed by atoms with Crippen LogP contribution < -0.4 is 5.73 Å². The number of benzene rings is 1. The summed E-state index contributed by atoms with van der Waals surface area (Å²) in [7, 11) is 0. The molecule has 0 aliphatic carbocycles. The lowest BCUT2D eigenvalue weighted by molar-refractivity contribution is 0.450. The predicted octanol–water partition coefficient (Wildman–Crippen LogP) is 3.89. The van der Waals surface area contributed by atoms with E-state index in [4.69, 9.17) is 5.73 Å². The monoisotopic (exact) mass is 287 g/mol.